The fraction of sp³-hybridized carbons (Fsp3) is 0.526. The van der Waals surface area contributed by atoms with E-state index in [0.29, 0.717) is 18.4 Å². The number of hydrogen-bond acceptors (Lipinski definition) is 2. The molecule has 0 bridgehead atoms. The summed E-state index contributed by atoms with van der Waals surface area (Å²) in [6, 6.07) is 4.75. The second kappa shape index (κ2) is 8.54. The molecule has 2 aliphatic heterocycles. The maximum Gasteiger partial charge on any atom is 0.139 e. The molecular weight excluding hydrogens is 340 g/mol. The molecule has 0 unspecified atom stereocenters. The van der Waals surface area contributed by atoms with Crippen molar-refractivity contribution in [3.05, 3.63) is 46.5 Å². The fourth-order valence-electron chi connectivity index (χ4n) is 3.82. The number of fused-ring (bicyclic) bond motifs is 3. The summed E-state index contributed by atoms with van der Waals surface area (Å²) in [7, 11) is 0. The topological polar surface area (TPSA) is 20.3 Å². The van der Waals surface area contributed by atoms with Crippen LogP contribution in [-0.2, 0) is 11.2 Å². The molecule has 134 valence electrons. The summed E-state index contributed by atoms with van der Waals surface area (Å²) >= 11 is 0. The van der Waals surface area contributed by atoms with Crippen molar-refractivity contribution in [1.29, 1.82) is 0 Å². The van der Waals surface area contributed by atoms with E-state index in [0.717, 1.165) is 19.5 Å². The van der Waals surface area contributed by atoms with Gasteiger partial charge < -0.3 is 0 Å². The fourth-order valence-corrected chi connectivity index (χ4v) is 3.82. The van der Waals surface area contributed by atoms with E-state index in [1.54, 1.807) is 0 Å². The summed E-state index contributed by atoms with van der Waals surface area (Å²) in [6.45, 7) is 9.21. The summed E-state index contributed by atoms with van der Waals surface area (Å²) in [5.41, 5.74) is 5.88. The third-order valence-electron chi connectivity index (χ3n) is 5.25. The molecule has 2 atom stereocenters. The molecule has 0 N–H and O–H groups in total. The second-order valence-electron chi connectivity index (χ2n) is 6.85. The van der Waals surface area contributed by atoms with E-state index in [1.165, 1.54) is 22.3 Å². The number of alkyl halides is 1. The molecule has 24 heavy (non-hydrogen) atoms. The maximum atomic E-state index is 12.7. The number of ketones is 1. The van der Waals surface area contributed by atoms with Gasteiger partial charge >= 0.3 is 0 Å². The lowest BCUT2D eigenvalue weighted by atomic mass is 9.80. The normalized spacial score (nSPS) is 22.7. The van der Waals surface area contributed by atoms with E-state index in [-0.39, 0.29) is 44.7 Å². The van der Waals surface area contributed by atoms with Crippen LogP contribution >= 0.6 is 27.0 Å². The summed E-state index contributed by atoms with van der Waals surface area (Å²) in [5.74, 6) is 0.189. The van der Waals surface area contributed by atoms with Crippen LogP contribution in [0.25, 0.3) is 0 Å². The average Bonchev–Trinajstić information content (AvgIpc) is 2.49. The monoisotopic (exact) mass is 368 g/mol. The van der Waals surface area contributed by atoms with E-state index in [2.05, 4.69) is 37.5 Å². The van der Waals surface area contributed by atoms with Gasteiger partial charge in [0.15, 0.2) is 0 Å². The summed E-state index contributed by atoms with van der Waals surface area (Å²) in [5, 5.41) is 0. The number of benzene rings is 1. The van der Waals surface area contributed by atoms with Crippen LogP contribution in [0.1, 0.15) is 41.1 Å². The standard InChI is InChI=1S/C19H24FNO.2H2S/c1-12(10-20)6-16-11-21-5-4-15-7-13(2)14(3)8-17(15)18(21)9-19(16)22;;/h7-8,16,18H,1,4-6,9-11H2,2-3H3;2*1H2/t16-,18-;;/m0../s1/i20-1;;. The molecule has 1 fully saturated rings. The van der Waals surface area contributed by atoms with Gasteiger partial charge in [-0.2, -0.15) is 27.0 Å². The predicted molar refractivity (Wildman–Crippen MR) is 108 cm³/mol. The zero-order valence-corrected chi connectivity index (χ0v) is 16.5. The highest BCUT2D eigenvalue weighted by atomic mass is 32.1. The lowest BCUT2D eigenvalue weighted by Gasteiger charge is -2.43. The van der Waals surface area contributed by atoms with Gasteiger partial charge in [0.1, 0.15) is 12.5 Å². The number of rotatable bonds is 3. The molecule has 3 rings (SSSR count). The van der Waals surface area contributed by atoms with Crippen molar-refractivity contribution in [3.63, 3.8) is 0 Å². The molecular formula is C19H28FNOS2. The Morgan fingerprint density at radius 1 is 1.29 bits per heavy atom. The summed E-state index contributed by atoms with van der Waals surface area (Å²) in [4.78, 5) is 14.9. The van der Waals surface area contributed by atoms with Crippen molar-refractivity contribution in [2.24, 2.45) is 5.92 Å². The zero-order valence-electron chi connectivity index (χ0n) is 14.5. The number of carbonyl (C=O) groups is 1. The van der Waals surface area contributed by atoms with E-state index >= 15 is 0 Å². The summed E-state index contributed by atoms with van der Waals surface area (Å²) < 4.78 is 12.7. The van der Waals surface area contributed by atoms with Crippen molar-refractivity contribution >= 4 is 32.8 Å². The number of aryl methyl sites for hydroxylation is 2. The number of hydrogen-bond donors (Lipinski definition) is 0. The molecule has 0 spiro atoms. The van der Waals surface area contributed by atoms with Gasteiger partial charge in [-0.05, 0) is 54.5 Å². The third-order valence-corrected chi connectivity index (χ3v) is 5.25. The summed E-state index contributed by atoms with van der Waals surface area (Å²) in [6.07, 6.45) is 2.09. The van der Waals surface area contributed by atoms with Crippen molar-refractivity contribution in [3.8, 4) is 0 Å². The number of carbonyl (C=O) groups excluding carboxylic acids is 1. The number of piperidine rings is 1. The van der Waals surface area contributed by atoms with Gasteiger partial charge in [0.2, 0.25) is 0 Å². The van der Waals surface area contributed by atoms with Crippen LogP contribution in [0.4, 0.5) is 4.39 Å². The first-order chi connectivity index (χ1) is 10.5. The molecule has 0 radical (unpaired) electrons. The number of nitrogens with zero attached hydrogens (tertiary/aromatic N) is 1. The van der Waals surface area contributed by atoms with Crippen LogP contribution in [0.15, 0.2) is 24.3 Å². The average molecular weight is 369 g/mol. The van der Waals surface area contributed by atoms with Gasteiger partial charge in [-0.3, -0.25) is 9.69 Å². The van der Waals surface area contributed by atoms with Crippen LogP contribution in [0.5, 0.6) is 0 Å². The minimum Gasteiger partial charge on any atom is -0.299 e. The lowest BCUT2D eigenvalue weighted by Crippen LogP contribution is -2.46. The predicted octanol–water partition coefficient (Wildman–Crippen LogP) is 3.93. The van der Waals surface area contributed by atoms with Crippen LogP contribution in [-0.4, -0.2) is 30.4 Å². The van der Waals surface area contributed by atoms with Gasteiger partial charge in [-0.25, -0.2) is 4.39 Å². The minimum absolute atomic E-state index is 0. The van der Waals surface area contributed by atoms with Crippen LogP contribution < -0.4 is 0 Å². The van der Waals surface area contributed by atoms with Crippen molar-refractivity contribution < 1.29 is 9.18 Å². The largest absolute Gasteiger partial charge is 0.299 e. The molecule has 5 heteroatoms. The molecule has 1 saturated heterocycles. The Bertz CT molecular complexity index is 632. The van der Waals surface area contributed by atoms with Crippen molar-refractivity contribution in [2.45, 2.75) is 39.2 Å². The highest BCUT2D eigenvalue weighted by Gasteiger charge is 2.38. The van der Waals surface area contributed by atoms with Gasteiger partial charge in [0, 0.05) is 31.5 Å². The highest BCUT2D eigenvalue weighted by Crippen LogP contribution is 2.39. The first kappa shape index (κ1) is 21.3. The maximum absolute atomic E-state index is 12.7. The van der Waals surface area contributed by atoms with Crippen molar-refractivity contribution in [2.75, 3.05) is 19.8 Å². The quantitative estimate of drug-likeness (QED) is 0.754. The molecule has 2 heterocycles. The minimum atomic E-state index is -0.519. The smallest absolute Gasteiger partial charge is 0.139 e. The van der Waals surface area contributed by atoms with Crippen molar-refractivity contribution in [1.82, 2.24) is 4.90 Å². The Kier molecular flexibility index (Phi) is 7.57. The first-order valence-corrected chi connectivity index (χ1v) is 8.09. The molecule has 0 aromatic heterocycles. The van der Waals surface area contributed by atoms with E-state index in [4.69, 9.17) is 0 Å². The Morgan fingerprint density at radius 2 is 1.96 bits per heavy atom. The Labute approximate surface area is 158 Å². The first-order valence-electron chi connectivity index (χ1n) is 8.09. The van der Waals surface area contributed by atoms with Gasteiger partial charge in [0.05, 0.1) is 0 Å². The zero-order chi connectivity index (χ0) is 15.9. The van der Waals surface area contributed by atoms with Gasteiger partial charge in [0.25, 0.3) is 0 Å². The van der Waals surface area contributed by atoms with Crippen LogP contribution in [0, 0.1) is 19.8 Å². The van der Waals surface area contributed by atoms with Crippen LogP contribution in [0.2, 0.25) is 0 Å². The second-order valence-corrected chi connectivity index (χ2v) is 6.85. The molecule has 0 amide bonds. The lowest BCUT2D eigenvalue weighted by molar-refractivity contribution is -0.128. The number of allylic oxidation sites excluding steroid dienone is 1. The number of Topliss-reactive ketones (excluding diaryl/α,β-unsaturated/α-hetero) is 1. The SMILES string of the molecule is C=C(C[18F])C[C@H]1CN2CCc3cc(C)c(C)cc3[C@@H]2CC1=O.S.S. The molecule has 1 aromatic rings. The molecule has 0 aliphatic carbocycles. The van der Waals surface area contributed by atoms with E-state index in [9.17, 15) is 9.18 Å². The van der Waals surface area contributed by atoms with Crippen LogP contribution in [0.3, 0.4) is 0 Å². The molecule has 2 aliphatic rings. The van der Waals surface area contributed by atoms with Gasteiger partial charge in [-0.1, -0.05) is 18.7 Å². The molecule has 0 saturated carbocycles. The Morgan fingerprint density at radius 3 is 2.62 bits per heavy atom. The molecule has 2 nitrogen and oxygen atoms in total. The highest BCUT2D eigenvalue weighted by molar-refractivity contribution is 7.59. The van der Waals surface area contributed by atoms with E-state index < -0.39 is 6.67 Å². The third kappa shape index (κ3) is 4.06. The Balaban J connectivity index is 0.00000144. The molecule has 1 aromatic carbocycles. The Hall–Kier alpha value is -0.780. The van der Waals surface area contributed by atoms with E-state index in [1.807, 2.05) is 0 Å². The number of halogens is 1. The van der Waals surface area contributed by atoms with Gasteiger partial charge in [-0.15, -0.1) is 0 Å².